The molecule has 206 valence electrons. The van der Waals surface area contributed by atoms with Crippen LogP contribution in [0.5, 0.6) is 0 Å². The van der Waals surface area contributed by atoms with E-state index in [2.05, 4.69) is 40.5 Å². The average Bonchev–Trinajstić information content (AvgIpc) is 2.87. The van der Waals surface area contributed by atoms with Gasteiger partial charge in [-0.25, -0.2) is 8.78 Å². The van der Waals surface area contributed by atoms with Crippen molar-refractivity contribution in [2.45, 2.75) is 45.4 Å². The van der Waals surface area contributed by atoms with E-state index >= 15 is 0 Å². The number of aryl methyl sites for hydroxylation is 2. The topological polar surface area (TPSA) is 63.8 Å². The summed E-state index contributed by atoms with van der Waals surface area (Å²) in [5.41, 5.74) is 4.79. The number of hydrogen-bond acceptors (Lipinski definition) is 2. The summed E-state index contributed by atoms with van der Waals surface area (Å²) < 4.78 is 27.6. The zero-order chi connectivity index (χ0) is 25.5. The fraction of sp³-hybridized carbons (Fsp3) is 0.387. The fourth-order valence-electron chi connectivity index (χ4n) is 5.23. The molecule has 0 aromatic heterocycles. The number of amides is 1. The molecule has 0 spiro atoms. The molecule has 0 aliphatic carbocycles. The Kier molecular flexibility index (Phi) is 12.4. The Bertz CT molecular complexity index is 1170. The number of halogens is 3. The average molecular weight is 545 g/mol. The lowest BCUT2D eigenvalue weighted by atomic mass is 9.89. The molecule has 4 rings (SSSR count). The Labute approximate surface area is 231 Å². The number of carbonyl (C=O) groups is 1. The summed E-state index contributed by atoms with van der Waals surface area (Å²) in [6, 6.07) is 20.5. The van der Waals surface area contributed by atoms with Crippen LogP contribution in [0, 0.1) is 31.4 Å². The first kappa shape index (κ1) is 31.4. The van der Waals surface area contributed by atoms with Crippen LogP contribution in [0.3, 0.4) is 0 Å². The van der Waals surface area contributed by atoms with Gasteiger partial charge >= 0.3 is 0 Å². The molecule has 1 atom stereocenters. The lowest BCUT2D eigenvalue weighted by Gasteiger charge is -2.33. The number of nitrogens with one attached hydrogen (secondary N) is 1. The van der Waals surface area contributed by atoms with E-state index in [1.165, 1.54) is 17.7 Å². The number of nitrogens with zero attached hydrogens (tertiary/aromatic N) is 1. The number of rotatable bonds is 9. The maximum absolute atomic E-state index is 14.0. The van der Waals surface area contributed by atoms with Gasteiger partial charge in [0.25, 0.3) is 5.91 Å². The third-order valence-electron chi connectivity index (χ3n) is 7.42. The van der Waals surface area contributed by atoms with Crippen molar-refractivity contribution in [3.05, 3.63) is 106 Å². The predicted molar refractivity (Wildman–Crippen MR) is 152 cm³/mol. The molecule has 38 heavy (non-hydrogen) atoms. The van der Waals surface area contributed by atoms with Crippen LogP contribution in [0.4, 0.5) is 8.78 Å². The highest BCUT2D eigenvalue weighted by atomic mass is 35.5. The first-order chi connectivity index (χ1) is 17.4. The third kappa shape index (κ3) is 8.62. The molecule has 0 radical (unpaired) electrons. The molecule has 1 aliphatic rings. The summed E-state index contributed by atoms with van der Waals surface area (Å²) in [6.45, 7) is 7.24. The molecule has 1 fully saturated rings. The number of piperidine rings is 1. The Morgan fingerprint density at radius 2 is 1.68 bits per heavy atom. The maximum atomic E-state index is 14.0. The van der Waals surface area contributed by atoms with E-state index in [0.717, 1.165) is 56.4 Å². The van der Waals surface area contributed by atoms with E-state index in [1.807, 2.05) is 32.0 Å². The molecule has 0 saturated carbocycles. The largest absolute Gasteiger partial charge is 0.412 e. The smallest absolute Gasteiger partial charge is 0.251 e. The lowest BCUT2D eigenvalue weighted by Crippen LogP contribution is -2.36. The number of carbonyl (C=O) groups excluding carboxylic acids is 1. The normalized spacial score (nSPS) is 14.7. The van der Waals surface area contributed by atoms with E-state index in [4.69, 9.17) is 0 Å². The van der Waals surface area contributed by atoms with Gasteiger partial charge in [0.15, 0.2) is 11.6 Å². The van der Waals surface area contributed by atoms with E-state index < -0.39 is 11.6 Å². The Balaban J connectivity index is 0.00000253. The van der Waals surface area contributed by atoms with E-state index in [0.29, 0.717) is 23.6 Å². The Morgan fingerprint density at radius 3 is 2.34 bits per heavy atom. The van der Waals surface area contributed by atoms with Gasteiger partial charge in [-0.15, -0.1) is 12.4 Å². The van der Waals surface area contributed by atoms with Crippen LogP contribution in [0.2, 0.25) is 0 Å². The van der Waals surface area contributed by atoms with E-state index in [1.54, 1.807) is 6.07 Å². The first-order valence-electron chi connectivity index (χ1n) is 13.0. The molecular formula is C31H39ClF2N2O2. The van der Waals surface area contributed by atoms with Crippen LogP contribution >= 0.6 is 12.4 Å². The van der Waals surface area contributed by atoms with Crippen molar-refractivity contribution in [1.82, 2.24) is 10.2 Å². The van der Waals surface area contributed by atoms with Crippen molar-refractivity contribution in [2.24, 2.45) is 5.92 Å². The summed E-state index contributed by atoms with van der Waals surface area (Å²) >= 11 is 0. The molecule has 3 aromatic carbocycles. The monoisotopic (exact) mass is 544 g/mol. The summed E-state index contributed by atoms with van der Waals surface area (Å²) in [7, 11) is 0. The zero-order valence-electron chi connectivity index (χ0n) is 22.2. The minimum atomic E-state index is -0.850. The van der Waals surface area contributed by atoms with Gasteiger partial charge in [0.05, 0.1) is 0 Å². The summed E-state index contributed by atoms with van der Waals surface area (Å²) in [5, 5.41) is 3.04. The maximum Gasteiger partial charge on any atom is 0.251 e. The second kappa shape index (κ2) is 15.0. The van der Waals surface area contributed by atoms with Gasteiger partial charge in [-0.05, 0) is 100.0 Å². The van der Waals surface area contributed by atoms with Crippen molar-refractivity contribution in [1.29, 1.82) is 0 Å². The molecule has 3 aromatic rings. The van der Waals surface area contributed by atoms with Crippen molar-refractivity contribution < 1.29 is 19.1 Å². The number of likely N-dealkylation sites (tertiary alicyclic amines) is 1. The van der Waals surface area contributed by atoms with Gasteiger partial charge in [0.2, 0.25) is 0 Å². The lowest BCUT2D eigenvalue weighted by molar-refractivity contribution is 0.0948. The highest BCUT2D eigenvalue weighted by molar-refractivity contribution is 5.95. The van der Waals surface area contributed by atoms with Crippen molar-refractivity contribution in [3.8, 4) is 0 Å². The molecule has 4 nitrogen and oxygen atoms in total. The van der Waals surface area contributed by atoms with Crippen LogP contribution < -0.4 is 5.32 Å². The van der Waals surface area contributed by atoms with E-state index in [-0.39, 0.29) is 29.7 Å². The fourth-order valence-corrected chi connectivity index (χ4v) is 5.23. The summed E-state index contributed by atoms with van der Waals surface area (Å²) in [4.78, 5) is 15.3. The SMILES string of the molecule is Cc1ccc(C(=O)NCC(CCN2CCC(Cc3ccccc3)CC2)c2ccc(F)c(F)c2)c(C)c1.Cl.O. The van der Waals surface area contributed by atoms with Crippen LogP contribution in [-0.2, 0) is 6.42 Å². The standard InChI is InChI=1S/C31H36F2N2O.ClH.H2O/c1-22-8-10-28(23(2)18-22)31(36)34-21-27(26-9-11-29(32)30(33)20-26)14-17-35-15-12-25(13-16-35)19-24-6-4-3-5-7-24;;/h3-11,18,20,25,27H,12-17,19,21H2,1-2H3,(H,34,36);1H;1H2. The van der Waals surface area contributed by atoms with Gasteiger partial charge in [-0.1, -0.05) is 54.1 Å². The number of benzene rings is 3. The Hall–Kier alpha value is -2.80. The Morgan fingerprint density at radius 1 is 0.974 bits per heavy atom. The van der Waals surface area contributed by atoms with Gasteiger partial charge in [-0.2, -0.15) is 0 Å². The van der Waals surface area contributed by atoms with Crippen LogP contribution in [-0.4, -0.2) is 42.5 Å². The third-order valence-corrected chi connectivity index (χ3v) is 7.42. The molecule has 3 N–H and O–H groups in total. The minimum Gasteiger partial charge on any atom is -0.412 e. The molecular weight excluding hydrogens is 506 g/mol. The van der Waals surface area contributed by atoms with Gasteiger partial charge in [-0.3, -0.25) is 4.79 Å². The van der Waals surface area contributed by atoms with Gasteiger partial charge < -0.3 is 15.7 Å². The minimum absolute atomic E-state index is 0. The number of hydrogen-bond donors (Lipinski definition) is 1. The van der Waals surface area contributed by atoms with Crippen molar-refractivity contribution in [3.63, 3.8) is 0 Å². The van der Waals surface area contributed by atoms with Gasteiger partial charge in [0, 0.05) is 18.0 Å². The first-order valence-corrected chi connectivity index (χ1v) is 13.0. The van der Waals surface area contributed by atoms with Crippen LogP contribution in [0.25, 0.3) is 0 Å². The molecule has 7 heteroatoms. The second-order valence-corrected chi connectivity index (χ2v) is 10.2. The summed E-state index contributed by atoms with van der Waals surface area (Å²) in [6.07, 6.45) is 4.21. The quantitative estimate of drug-likeness (QED) is 0.357. The van der Waals surface area contributed by atoms with E-state index in [9.17, 15) is 13.6 Å². The molecule has 1 aliphatic heterocycles. The zero-order valence-corrected chi connectivity index (χ0v) is 23.0. The van der Waals surface area contributed by atoms with Gasteiger partial charge in [0.1, 0.15) is 0 Å². The second-order valence-electron chi connectivity index (χ2n) is 10.2. The molecule has 1 heterocycles. The summed E-state index contributed by atoms with van der Waals surface area (Å²) in [5.74, 6) is -1.24. The van der Waals surface area contributed by atoms with Crippen LogP contribution in [0.15, 0.2) is 66.7 Å². The highest BCUT2D eigenvalue weighted by Crippen LogP contribution is 2.25. The molecule has 0 bridgehead atoms. The van der Waals surface area contributed by atoms with Crippen LogP contribution in [0.1, 0.15) is 57.8 Å². The van der Waals surface area contributed by atoms with Crippen molar-refractivity contribution in [2.75, 3.05) is 26.2 Å². The highest BCUT2D eigenvalue weighted by Gasteiger charge is 2.22. The predicted octanol–water partition coefficient (Wildman–Crippen LogP) is 6.04. The van der Waals surface area contributed by atoms with Crippen molar-refractivity contribution >= 4 is 18.3 Å². The molecule has 1 unspecified atom stereocenters. The molecule has 1 saturated heterocycles. The molecule has 1 amide bonds.